The predicted molar refractivity (Wildman–Crippen MR) is 108 cm³/mol. The Hall–Kier alpha value is -2.86. The van der Waals surface area contributed by atoms with Gasteiger partial charge in [-0.15, -0.1) is 5.10 Å². The molecule has 2 aromatic rings. The second kappa shape index (κ2) is 10.8. The molecule has 162 valence electrons. The van der Waals surface area contributed by atoms with E-state index in [0.717, 1.165) is 49.8 Å². The Balaban J connectivity index is 0.000000806. The number of aromatic nitrogens is 4. The summed E-state index contributed by atoms with van der Waals surface area (Å²) < 4.78 is 5.74. The predicted octanol–water partition coefficient (Wildman–Crippen LogP) is 0.307. The number of imidazole rings is 1. The fraction of sp³-hybridized carbons (Fsp3) is 0.556. The van der Waals surface area contributed by atoms with Gasteiger partial charge in [0.05, 0.1) is 18.6 Å². The zero-order valence-corrected chi connectivity index (χ0v) is 17.4. The van der Waals surface area contributed by atoms with E-state index in [9.17, 15) is 9.59 Å². The standard InChI is InChI=1S/C17H23N7O2S.CH2O2/c25-16(18-4-9-22-5-1-2-6-22)15-14-10-23(7-3-8-24(14)12-19-15)17(26)13-11-27-21-20-13;2-1-3/h11-12H,1-10H2,(H,18,25);1H,(H,2,3). The van der Waals surface area contributed by atoms with Crippen molar-refractivity contribution in [2.45, 2.75) is 32.4 Å². The molecule has 0 unspecified atom stereocenters. The molecular weight excluding hydrogens is 410 g/mol. The molecule has 4 rings (SSSR count). The van der Waals surface area contributed by atoms with Gasteiger partial charge in [0.2, 0.25) is 0 Å². The molecule has 0 radical (unpaired) electrons. The molecule has 0 atom stereocenters. The van der Waals surface area contributed by atoms with Crippen LogP contribution >= 0.6 is 11.5 Å². The maximum absolute atomic E-state index is 12.6. The van der Waals surface area contributed by atoms with Crippen LogP contribution in [-0.2, 0) is 17.9 Å². The van der Waals surface area contributed by atoms with E-state index in [2.05, 4.69) is 24.8 Å². The van der Waals surface area contributed by atoms with Crippen molar-refractivity contribution in [3.05, 3.63) is 28.8 Å². The molecule has 30 heavy (non-hydrogen) atoms. The molecule has 4 heterocycles. The molecule has 2 aliphatic heterocycles. The molecule has 0 aliphatic carbocycles. The molecule has 2 N–H and O–H groups in total. The number of rotatable bonds is 5. The largest absolute Gasteiger partial charge is 0.483 e. The summed E-state index contributed by atoms with van der Waals surface area (Å²) in [5.41, 5.74) is 1.54. The minimum Gasteiger partial charge on any atom is -0.483 e. The summed E-state index contributed by atoms with van der Waals surface area (Å²) in [6, 6.07) is 0. The number of hydrogen-bond acceptors (Lipinski definition) is 8. The van der Waals surface area contributed by atoms with Crippen LogP contribution in [0.2, 0.25) is 0 Å². The quantitative estimate of drug-likeness (QED) is 0.641. The number of carbonyl (C=O) groups excluding carboxylic acids is 2. The van der Waals surface area contributed by atoms with E-state index in [1.54, 1.807) is 16.6 Å². The van der Waals surface area contributed by atoms with Crippen molar-refractivity contribution in [3.8, 4) is 0 Å². The third-order valence-corrected chi connectivity index (χ3v) is 5.61. The lowest BCUT2D eigenvalue weighted by molar-refractivity contribution is -0.122. The molecule has 0 saturated carbocycles. The first-order valence-corrected chi connectivity index (χ1v) is 10.7. The minimum absolute atomic E-state index is 0.154. The Morgan fingerprint density at radius 2 is 1.97 bits per heavy atom. The number of carboxylic acid groups (broad SMARTS) is 1. The van der Waals surface area contributed by atoms with Gasteiger partial charge in [-0.1, -0.05) is 4.49 Å². The Morgan fingerprint density at radius 3 is 2.67 bits per heavy atom. The van der Waals surface area contributed by atoms with Gasteiger partial charge in [-0.2, -0.15) is 0 Å². The van der Waals surface area contributed by atoms with Crippen LogP contribution in [0.15, 0.2) is 11.7 Å². The number of hydrogen-bond donors (Lipinski definition) is 2. The summed E-state index contributed by atoms with van der Waals surface area (Å²) in [4.78, 5) is 42.0. The lowest BCUT2D eigenvalue weighted by atomic mass is 10.2. The maximum Gasteiger partial charge on any atom is 0.290 e. The van der Waals surface area contributed by atoms with Gasteiger partial charge in [0.1, 0.15) is 0 Å². The second-order valence-electron chi connectivity index (χ2n) is 7.01. The SMILES string of the molecule is O=C(NCCN1CCCC1)c1ncn2c1CN(C(=O)c1csnn1)CCC2.O=CO. The van der Waals surface area contributed by atoms with Gasteiger partial charge in [-0.05, 0) is 43.9 Å². The highest BCUT2D eigenvalue weighted by atomic mass is 32.1. The highest BCUT2D eigenvalue weighted by molar-refractivity contribution is 7.03. The molecule has 2 aliphatic rings. The topological polar surface area (TPSA) is 134 Å². The van der Waals surface area contributed by atoms with Gasteiger partial charge >= 0.3 is 0 Å². The Bertz CT molecular complexity index is 849. The minimum atomic E-state index is -0.250. The number of nitrogens with zero attached hydrogens (tertiary/aromatic N) is 6. The van der Waals surface area contributed by atoms with Crippen LogP contribution in [0.25, 0.3) is 0 Å². The third kappa shape index (κ3) is 5.39. The second-order valence-corrected chi connectivity index (χ2v) is 7.62. The summed E-state index contributed by atoms with van der Waals surface area (Å²) in [6.07, 6.45) is 4.98. The summed E-state index contributed by atoms with van der Waals surface area (Å²) in [7, 11) is 0. The fourth-order valence-electron chi connectivity index (χ4n) is 3.66. The molecule has 2 aromatic heterocycles. The average molecular weight is 436 g/mol. The van der Waals surface area contributed by atoms with E-state index in [-0.39, 0.29) is 18.3 Å². The van der Waals surface area contributed by atoms with Crippen molar-refractivity contribution in [2.24, 2.45) is 0 Å². The highest BCUT2D eigenvalue weighted by Gasteiger charge is 2.26. The monoisotopic (exact) mass is 435 g/mol. The first-order valence-electron chi connectivity index (χ1n) is 9.82. The molecule has 0 spiro atoms. The molecule has 1 saturated heterocycles. The molecule has 0 bridgehead atoms. The van der Waals surface area contributed by atoms with Crippen molar-refractivity contribution in [1.82, 2.24) is 34.3 Å². The van der Waals surface area contributed by atoms with Crippen molar-refractivity contribution in [2.75, 3.05) is 32.7 Å². The van der Waals surface area contributed by atoms with E-state index in [1.807, 2.05) is 4.57 Å². The van der Waals surface area contributed by atoms with E-state index in [4.69, 9.17) is 9.90 Å². The van der Waals surface area contributed by atoms with Crippen LogP contribution < -0.4 is 5.32 Å². The zero-order valence-electron chi connectivity index (χ0n) is 16.6. The molecule has 12 heteroatoms. The van der Waals surface area contributed by atoms with Gasteiger partial charge in [0.15, 0.2) is 11.4 Å². The van der Waals surface area contributed by atoms with E-state index >= 15 is 0 Å². The Labute approximate surface area is 177 Å². The van der Waals surface area contributed by atoms with Crippen molar-refractivity contribution < 1.29 is 19.5 Å². The number of amides is 2. The smallest absolute Gasteiger partial charge is 0.290 e. The number of aryl methyl sites for hydroxylation is 1. The number of fused-ring (bicyclic) bond motifs is 1. The number of carbonyl (C=O) groups is 3. The zero-order chi connectivity index (χ0) is 21.3. The highest BCUT2D eigenvalue weighted by Crippen LogP contribution is 2.18. The lowest BCUT2D eigenvalue weighted by Gasteiger charge is -2.19. The van der Waals surface area contributed by atoms with Gasteiger partial charge in [0, 0.05) is 31.6 Å². The summed E-state index contributed by atoms with van der Waals surface area (Å²) in [6.45, 7) is 5.15. The first-order chi connectivity index (χ1) is 14.6. The van der Waals surface area contributed by atoms with Crippen LogP contribution in [0.4, 0.5) is 0 Å². The normalized spacial score (nSPS) is 16.2. The Morgan fingerprint density at radius 1 is 1.20 bits per heavy atom. The van der Waals surface area contributed by atoms with Crippen LogP contribution in [0.3, 0.4) is 0 Å². The molecule has 11 nitrogen and oxygen atoms in total. The van der Waals surface area contributed by atoms with Gasteiger partial charge in [-0.3, -0.25) is 14.4 Å². The van der Waals surface area contributed by atoms with Crippen molar-refractivity contribution in [1.29, 1.82) is 0 Å². The van der Waals surface area contributed by atoms with Crippen LogP contribution in [0.1, 0.15) is 45.9 Å². The van der Waals surface area contributed by atoms with E-state index in [1.165, 1.54) is 12.8 Å². The third-order valence-electron chi connectivity index (χ3n) is 5.11. The summed E-state index contributed by atoms with van der Waals surface area (Å²) in [5.74, 6) is -0.327. The van der Waals surface area contributed by atoms with Crippen LogP contribution in [0.5, 0.6) is 0 Å². The number of likely N-dealkylation sites (tertiary alicyclic amines) is 1. The Kier molecular flexibility index (Phi) is 7.85. The van der Waals surface area contributed by atoms with E-state index in [0.29, 0.717) is 31.0 Å². The average Bonchev–Trinajstić information content (AvgIpc) is 3.48. The maximum atomic E-state index is 12.6. The molecule has 0 aromatic carbocycles. The summed E-state index contributed by atoms with van der Waals surface area (Å²) >= 11 is 1.16. The van der Waals surface area contributed by atoms with Crippen molar-refractivity contribution >= 4 is 29.8 Å². The van der Waals surface area contributed by atoms with Crippen LogP contribution in [-0.4, -0.2) is 85.1 Å². The molecule has 1 fully saturated rings. The van der Waals surface area contributed by atoms with E-state index < -0.39 is 0 Å². The number of nitrogens with one attached hydrogen (secondary N) is 1. The summed E-state index contributed by atoms with van der Waals surface area (Å²) in [5, 5.41) is 15.4. The molecular formula is C18H25N7O4S. The van der Waals surface area contributed by atoms with Crippen LogP contribution in [0, 0.1) is 0 Å². The van der Waals surface area contributed by atoms with Crippen molar-refractivity contribution in [3.63, 3.8) is 0 Å². The lowest BCUT2D eigenvalue weighted by Crippen LogP contribution is -2.35. The fourth-order valence-corrected chi connectivity index (χ4v) is 4.09. The van der Waals surface area contributed by atoms with Gasteiger partial charge < -0.3 is 24.8 Å². The van der Waals surface area contributed by atoms with Gasteiger partial charge in [0.25, 0.3) is 18.3 Å². The first kappa shape index (κ1) is 21.8. The molecule has 2 amide bonds. The van der Waals surface area contributed by atoms with Gasteiger partial charge in [-0.25, -0.2) is 4.98 Å².